The quantitative estimate of drug-likeness (QED) is 0.663. The van der Waals surface area contributed by atoms with Gasteiger partial charge >= 0.3 is 0 Å². The SMILES string of the molecule is Cc1nc2c(c(SC(C)C(C)O)n1)CCCC2. The Morgan fingerprint density at radius 2 is 1.88 bits per heavy atom. The van der Waals surface area contributed by atoms with Gasteiger partial charge in [-0.3, -0.25) is 0 Å². The first-order valence-electron chi connectivity index (χ1n) is 6.29. The molecule has 2 unspecified atom stereocenters. The van der Waals surface area contributed by atoms with Crippen LogP contribution in [0.4, 0.5) is 0 Å². The van der Waals surface area contributed by atoms with Crippen LogP contribution < -0.4 is 0 Å². The predicted octanol–water partition coefficient (Wildman–Crippen LogP) is 2.53. The summed E-state index contributed by atoms with van der Waals surface area (Å²) < 4.78 is 0. The van der Waals surface area contributed by atoms with Gasteiger partial charge < -0.3 is 5.11 Å². The zero-order valence-corrected chi connectivity index (χ0v) is 11.5. The lowest BCUT2D eigenvalue weighted by Gasteiger charge is -2.20. The van der Waals surface area contributed by atoms with Crippen LogP contribution in [0.3, 0.4) is 0 Å². The lowest BCUT2D eigenvalue weighted by atomic mass is 9.97. The predicted molar refractivity (Wildman–Crippen MR) is 70.4 cm³/mol. The van der Waals surface area contributed by atoms with Gasteiger partial charge in [0.05, 0.1) is 6.10 Å². The summed E-state index contributed by atoms with van der Waals surface area (Å²) in [5, 5.41) is 10.9. The van der Waals surface area contributed by atoms with E-state index in [1.807, 2.05) is 20.8 Å². The summed E-state index contributed by atoms with van der Waals surface area (Å²) >= 11 is 1.68. The maximum atomic E-state index is 9.59. The number of aliphatic hydroxyl groups is 1. The minimum atomic E-state index is -0.311. The van der Waals surface area contributed by atoms with E-state index in [-0.39, 0.29) is 11.4 Å². The molecule has 0 aromatic carbocycles. The molecule has 0 aliphatic heterocycles. The van der Waals surface area contributed by atoms with Gasteiger partial charge in [0.2, 0.25) is 0 Å². The Labute approximate surface area is 107 Å². The van der Waals surface area contributed by atoms with Crippen molar-refractivity contribution in [3.05, 3.63) is 17.1 Å². The van der Waals surface area contributed by atoms with Crippen molar-refractivity contribution in [1.82, 2.24) is 9.97 Å². The molecule has 17 heavy (non-hydrogen) atoms. The number of hydrogen-bond donors (Lipinski definition) is 1. The van der Waals surface area contributed by atoms with Crippen molar-refractivity contribution in [2.75, 3.05) is 0 Å². The minimum Gasteiger partial charge on any atom is -0.392 e. The van der Waals surface area contributed by atoms with Crippen LogP contribution in [0.25, 0.3) is 0 Å². The van der Waals surface area contributed by atoms with E-state index in [0.717, 1.165) is 23.7 Å². The zero-order chi connectivity index (χ0) is 12.4. The van der Waals surface area contributed by atoms with Crippen molar-refractivity contribution in [1.29, 1.82) is 0 Å². The van der Waals surface area contributed by atoms with Crippen molar-refractivity contribution < 1.29 is 5.11 Å². The number of aromatic nitrogens is 2. The van der Waals surface area contributed by atoms with E-state index in [1.54, 1.807) is 11.8 Å². The molecular weight excluding hydrogens is 232 g/mol. The third-order valence-corrected chi connectivity index (χ3v) is 4.56. The van der Waals surface area contributed by atoms with Gasteiger partial charge in [0, 0.05) is 16.5 Å². The molecule has 1 heterocycles. The van der Waals surface area contributed by atoms with E-state index in [9.17, 15) is 5.11 Å². The van der Waals surface area contributed by atoms with Crippen molar-refractivity contribution in [2.24, 2.45) is 0 Å². The summed E-state index contributed by atoms with van der Waals surface area (Å²) in [6, 6.07) is 0. The van der Waals surface area contributed by atoms with Crippen LogP contribution in [0.1, 0.15) is 43.8 Å². The van der Waals surface area contributed by atoms with Crippen LogP contribution in [-0.2, 0) is 12.8 Å². The third kappa shape index (κ3) is 2.99. The van der Waals surface area contributed by atoms with Crippen molar-refractivity contribution in [3.63, 3.8) is 0 Å². The van der Waals surface area contributed by atoms with Crippen LogP contribution in [-0.4, -0.2) is 26.4 Å². The van der Waals surface area contributed by atoms with Crippen LogP contribution in [0.15, 0.2) is 5.03 Å². The van der Waals surface area contributed by atoms with E-state index in [0.29, 0.717) is 0 Å². The highest BCUT2D eigenvalue weighted by Crippen LogP contribution is 2.31. The fraction of sp³-hybridized carbons (Fsp3) is 0.692. The summed E-state index contributed by atoms with van der Waals surface area (Å²) in [6.45, 7) is 5.83. The molecule has 3 nitrogen and oxygen atoms in total. The Balaban J connectivity index is 2.29. The second kappa shape index (κ2) is 5.36. The van der Waals surface area contributed by atoms with Gasteiger partial charge in [0.1, 0.15) is 10.9 Å². The molecule has 94 valence electrons. The summed E-state index contributed by atoms with van der Waals surface area (Å²) in [7, 11) is 0. The summed E-state index contributed by atoms with van der Waals surface area (Å²) in [5.74, 6) is 0.853. The highest BCUT2D eigenvalue weighted by Gasteiger charge is 2.20. The van der Waals surface area contributed by atoms with Crippen LogP contribution >= 0.6 is 11.8 Å². The molecule has 0 radical (unpaired) electrons. The van der Waals surface area contributed by atoms with E-state index >= 15 is 0 Å². The molecule has 1 aromatic rings. The topological polar surface area (TPSA) is 46.0 Å². The smallest absolute Gasteiger partial charge is 0.126 e. The van der Waals surface area contributed by atoms with E-state index in [2.05, 4.69) is 9.97 Å². The highest BCUT2D eigenvalue weighted by atomic mass is 32.2. The summed E-state index contributed by atoms with van der Waals surface area (Å²) in [5.41, 5.74) is 2.54. The van der Waals surface area contributed by atoms with Crippen molar-refractivity contribution >= 4 is 11.8 Å². The number of fused-ring (bicyclic) bond motifs is 1. The molecule has 1 aromatic heterocycles. The Hall–Kier alpha value is -0.610. The zero-order valence-electron chi connectivity index (χ0n) is 10.7. The maximum Gasteiger partial charge on any atom is 0.126 e. The maximum absolute atomic E-state index is 9.59. The Kier molecular flexibility index (Phi) is 4.05. The molecule has 4 heteroatoms. The molecule has 1 N–H and O–H groups in total. The Morgan fingerprint density at radius 3 is 2.59 bits per heavy atom. The molecule has 0 saturated heterocycles. The number of aliphatic hydroxyl groups excluding tert-OH is 1. The highest BCUT2D eigenvalue weighted by molar-refractivity contribution is 7.99. The Morgan fingerprint density at radius 1 is 1.18 bits per heavy atom. The number of nitrogens with zero attached hydrogens (tertiary/aromatic N) is 2. The molecule has 0 saturated carbocycles. The van der Waals surface area contributed by atoms with Crippen molar-refractivity contribution in [3.8, 4) is 0 Å². The molecular formula is C13H20N2OS. The number of thioether (sulfide) groups is 1. The van der Waals surface area contributed by atoms with Gasteiger partial charge in [-0.1, -0.05) is 6.92 Å². The number of aryl methyl sites for hydroxylation is 2. The first-order chi connectivity index (χ1) is 8.08. The normalized spacial score (nSPS) is 18.6. The van der Waals surface area contributed by atoms with Crippen LogP contribution in [0.2, 0.25) is 0 Å². The molecule has 2 rings (SSSR count). The molecule has 0 bridgehead atoms. The first kappa shape index (κ1) is 12.8. The fourth-order valence-corrected chi connectivity index (χ4v) is 3.15. The van der Waals surface area contributed by atoms with E-state index < -0.39 is 0 Å². The van der Waals surface area contributed by atoms with Gasteiger partial charge in [-0.2, -0.15) is 0 Å². The monoisotopic (exact) mass is 252 g/mol. The van der Waals surface area contributed by atoms with Crippen LogP contribution in [0.5, 0.6) is 0 Å². The third-order valence-electron chi connectivity index (χ3n) is 3.23. The molecule has 0 amide bonds. The van der Waals surface area contributed by atoms with Gasteiger partial charge in [-0.15, -0.1) is 11.8 Å². The molecule has 0 spiro atoms. The molecule has 0 fully saturated rings. The lowest BCUT2D eigenvalue weighted by Crippen LogP contribution is -2.17. The molecule has 2 atom stereocenters. The average molecular weight is 252 g/mol. The minimum absolute atomic E-state index is 0.176. The summed E-state index contributed by atoms with van der Waals surface area (Å²) in [6.07, 6.45) is 4.32. The second-order valence-corrected chi connectivity index (χ2v) is 6.14. The Bertz CT molecular complexity index is 407. The van der Waals surface area contributed by atoms with Gasteiger partial charge in [-0.25, -0.2) is 9.97 Å². The lowest BCUT2D eigenvalue weighted by molar-refractivity contribution is 0.196. The van der Waals surface area contributed by atoms with E-state index in [4.69, 9.17) is 0 Å². The van der Waals surface area contributed by atoms with Gasteiger partial charge in [0.25, 0.3) is 0 Å². The summed E-state index contributed by atoms with van der Waals surface area (Å²) in [4.78, 5) is 9.09. The van der Waals surface area contributed by atoms with Crippen LogP contribution in [0, 0.1) is 6.92 Å². The number of hydrogen-bond acceptors (Lipinski definition) is 4. The molecule has 1 aliphatic carbocycles. The number of rotatable bonds is 3. The fourth-order valence-electron chi connectivity index (χ4n) is 2.05. The first-order valence-corrected chi connectivity index (χ1v) is 7.17. The van der Waals surface area contributed by atoms with E-state index in [1.165, 1.54) is 24.1 Å². The van der Waals surface area contributed by atoms with Crippen molar-refractivity contribution in [2.45, 2.75) is 62.8 Å². The van der Waals surface area contributed by atoms with Gasteiger partial charge in [0.15, 0.2) is 0 Å². The van der Waals surface area contributed by atoms with Gasteiger partial charge in [-0.05, 0) is 39.5 Å². The largest absolute Gasteiger partial charge is 0.392 e. The standard InChI is InChI=1S/C13H20N2OS/c1-8(16)9(2)17-13-11-6-4-5-7-12(11)14-10(3)15-13/h8-9,16H,4-7H2,1-3H3. The molecule has 1 aliphatic rings. The second-order valence-electron chi connectivity index (χ2n) is 4.77. The average Bonchev–Trinajstić information content (AvgIpc) is 2.28.